The van der Waals surface area contributed by atoms with Gasteiger partial charge in [-0.15, -0.1) is 0 Å². The lowest BCUT2D eigenvalue weighted by molar-refractivity contribution is -0.660. The van der Waals surface area contributed by atoms with Gasteiger partial charge in [-0.05, 0) is 36.2 Å². The van der Waals surface area contributed by atoms with Crippen LogP contribution in [-0.2, 0) is 17.8 Å². The smallest absolute Gasteiger partial charge is 0.278 e. The number of nitrogen functional groups attached to an aromatic ring is 1. The van der Waals surface area contributed by atoms with Gasteiger partial charge in [0.2, 0.25) is 11.5 Å². The molecule has 0 aromatic carbocycles. The Morgan fingerprint density at radius 3 is 2.90 bits per heavy atom. The van der Waals surface area contributed by atoms with E-state index in [1.807, 2.05) is 19.1 Å². The van der Waals surface area contributed by atoms with E-state index in [0.29, 0.717) is 29.8 Å². The molecule has 9 nitrogen and oxygen atoms in total. The minimum Gasteiger partial charge on any atom is -0.381 e. The number of pyridine rings is 3. The minimum atomic E-state index is -0.386. The molecular formula is C22H23N6O3+. The molecule has 4 aromatic heterocycles. The zero-order valence-electron chi connectivity index (χ0n) is 17.3. The van der Waals surface area contributed by atoms with Crippen LogP contribution in [0.15, 0.2) is 53.7 Å². The van der Waals surface area contributed by atoms with Gasteiger partial charge < -0.3 is 15.8 Å². The highest BCUT2D eigenvalue weighted by molar-refractivity contribution is 6.00. The SMILES string of the molecule is COCC[n+]1c(N)c(C(=O)NCc2cccnc2)cc2c(=O)n3cc(C)ccc3nc21. The molecule has 4 aromatic rings. The van der Waals surface area contributed by atoms with E-state index >= 15 is 0 Å². The Labute approximate surface area is 178 Å². The van der Waals surface area contributed by atoms with Gasteiger partial charge in [-0.3, -0.25) is 19.0 Å². The third kappa shape index (κ3) is 3.95. The summed E-state index contributed by atoms with van der Waals surface area (Å²) in [4.78, 5) is 34.9. The first-order chi connectivity index (χ1) is 15.0. The fourth-order valence-electron chi connectivity index (χ4n) is 3.43. The van der Waals surface area contributed by atoms with E-state index in [4.69, 9.17) is 10.5 Å². The highest BCUT2D eigenvalue weighted by Gasteiger charge is 2.24. The predicted molar refractivity (Wildman–Crippen MR) is 116 cm³/mol. The number of methoxy groups -OCH3 is 1. The van der Waals surface area contributed by atoms with Crippen LogP contribution >= 0.6 is 0 Å². The summed E-state index contributed by atoms with van der Waals surface area (Å²) in [5.74, 6) is -0.167. The van der Waals surface area contributed by atoms with Crippen LogP contribution < -0.4 is 21.2 Å². The van der Waals surface area contributed by atoms with Crippen LogP contribution in [0.4, 0.5) is 5.82 Å². The molecule has 1 amide bonds. The van der Waals surface area contributed by atoms with Crippen LogP contribution in [0.3, 0.4) is 0 Å². The zero-order valence-corrected chi connectivity index (χ0v) is 17.3. The average molecular weight is 419 g/mol. The summed E-state index contributed by atoms with van der Waals surface area (Å²) in [6.45, 7) is 2.88. The van der Waals surface area contributed by atoms with Crippen LogP contribution in [0.1, 0.15) is 21.5 Å². The van der Waals surface area contributed by atoms with E-state index in [0.717, 1.165) is 11.1 Å². The fourth-order valence-corrected chi connectivity index (χ4v) is 3.43. The van der Waals surface area contributed by atoms with Crippen LogP contribution in [0.2, 0.25) is 0 Å². The molecule has 0 atom stereocenters. The van der Waals surface area contributed by atoms with Gasteiger partial charge in [0.15, 0.2) is 0 Å². The summed E-state index contributed by atoms with van der Waals surface area (Å²) in [5, 5.41) is 3.14. The van der Waals surface area contributed by atoms with Crippen molar-refractivity contribution < 1.29 is 14.1 Å². The zero-order chi connectivity index (χ0) is 22.0. The molecular weight excluding hydrogens is 396 g/mol. The number of anilines is 1. The van der Waals surface area contributed by atoms with Crippen molar-refractivity contribution in [3.63, 3.8) is 0 Å². The third-order valence-electron chi connectivity index (χ3n) is 5.04. The molecule has 3 N–H and O–H groups in total. The standard InChI is InChI=1S/C22H22N6O3/c1-14-5-6-18-26-20-17(22(30)28(18)13-14)10-16(19(23)27(20)8-9-31-2)21(29)25-12-15-4-3-7-24-11-15/h3-7,10-11,13,23H,8-9,12H2,1-2H3,(H,25,29)/p+1. The number of nitrogens with two attached hydrogens (primary N) is 1. The van der Waals surface area contributed by atoms with Crippen molar-refractivity contribution in [1.29, 1.82) is 0 Å². The van der Waals surface area contributed by atoms with E-state index in [2.05, 4.69) is 15.3 Å². The predicted octanol–water partition coefficient (Wildman–Crippen LogP) is 0.997. The molecule has 4 heterocycles. The number of carbonyl (C=O) groups excluding carboxylic acids is 1. The molecule has 0 radical (unpaired) electrons. The minimum absolute atomic E-state index is 0.207. The van der Waals surface area contributed by atoms with Gasteiger partial charge in [0, 0.05) is 32.2 Å². The van der Waals surface area contributed by atoms with Gasteiger partial charge in [-0.2, -0.15) is 0 Å². The van der Waals surface area contributed by atoms with Crippen molar-refractivity contribution >= 4 is 28.4 Å². The van der Waals surface area contributed by atoms with Crippen molar-refractivity contribution in [2.24, 2.45) is 0 Å². The lowest BCUT2D eigenvalue weighted by atomic mass is 10.1. The molecule has 158 valence electrons. The lowest BCUT2D eigenvalue weighted by Gasteiger charge is -2.12. The molecule has 31 heavy (non-hydrogen) atoms. The van der Waals surface area contributed by atoms with E-state index in [1.54, 1.807) is 42.4 Å². The van der Waals surface area contributed by atoms with Gasteiger partial charge in [0.25, 0.3) is 17.1 Å². The second kappa shape index (κ2) is 8.49. The quantitative estimate of drug-likeness (QED) is 0.356. The number of nitrogens with one attached hydrogen (secondary N) is 1. The molecule has 4 rings (SSSR count). The summed E-state index contributed by atoms with van der Waals surface area (Å²) in [7, 11) is 1.57. The second-order valence-corrected chi connectivity index (χ2v) is 7.22. The Hall–Kier alpha value is -3.85. The fraction of sp³-hybridized carbons (Fsp3) is 0.227. The van der Waals surface area contributed by atoms with Gasteiger partial charge in [0.1, 0.15) is 10.9 Å². The summed E-state index contributed by atoms with van der Waals surface area (Å²) in [6.07, 6.45) is 5.06. The molecule has 0 fully saturated rings. The molecule has 0 aliphatic carbocycles. The van der Waals surface area contributed by atoms with E-state index in [1.165, 1.54) is 10.5 Å². The molecule has 0 spiro atoms. The monoisotopic (exact) mass is 419 g/mol. The van der Waals surface area contributed by atoms with Crippen molar-refractivity contribution in [3.05, 3.63) is 76.0 Å². The topological polar surface area (TPSA) is 115 Å². The first kappa shape index (κ1) is 20.4. The number of rotatable bonds is 6. The number of fused-ring (bicyclic) bond motifs is 2. The van der Waals surface area contributed by atoms with Crippen molar-refractivity contribution in [1.82, 2.24) is 19.7 Å². The number of hydrogen-bond donors (Lipinski definition) is 2. The van der Waals surface area contributed by atoms with Gasteiger partial charge in [-0.25, -0.2) is 4.57 Å². The summed E-state index contributed by atoms with van der Waals surface area (Å²) in [6, 6.07) is 8.83. The molecule has 0 aliphatic rings. The molecule has 0 aliphatic heterocycles. The molecule has 0 saturated carbocycles. The number of aromatic nitrogens is 4. The van der Waals surface area contributed by atoms with Gasteiger partial charge in [0.05, 0.1) is 13.2 Å². The normalized spacial score (nSPS) is 11.2. The molecule has 0 unspecified atom stereocenters. The lowest BCUT2D eigenvalue weighted by Crippen LogP contribution is -2.44. The Balaban J connectivity index is 1.85. The van der Waals surface area contributed by atoms with Crippen molar-refractivity contribution in [2.75, 3.05) is 19.5 Å². The Morgan fingerprint density at radius 2 is 2.16 bits per heavy atom. The number of ether oxygens (including phenoxy) is 1. The summed E-state index contributed by atoms with van der Waals surface area (Å²) >= 11 is 0. The first-order valence-electron chi connectivity index (χ1n) is 9.80. The number of amides is 1. The van der Waals surface area contributed by atoms with Gasteiger partial charge in [-0.1, -0.05) is 17.1 Å². The van der Waals surface area contributed by atoms with Crippen molar-refractivity contribution in [3.8, 4) is 0 Å². The average Bonchev–Trinajstić information content (AvgIpc) is 2.78. The Morgan fingerprint density at radius 1 is 1.32 bits per heavy atom. The molecule has 0 saturated heterocycles. The second-order valence-electron chi connectivity index (χ2n) is 7.22. The highest BCUT2D eigenvalue weighted by atomic mass is 16.5. The number of carbonyl (C=O) groups is 1. The van der Waals surface area contributed by atoms with E-state index in [9.17, 15) is 9.59 Å². The Bertz CT molecular complexity index is 1330. The van der Waals surface area contributed by atoms with E-state index in [-0.39, 0.29) is 29.4 Å². The number of aryl methyl sites for hydroxylation is 1. The maximum atomic E-state index is 13.2. The highest BCUT2D eigenvalue weighted by Crippen LogP contribution is 2.15. The van der Waals surface area contributed by atoms with Gasteiger partial charge >= 0.3 is 0 Å². The van der Waals surface area contributed by atoms with E-state index < -0.39 is 0 Å². The van der Waals surface area contributed by atoms with Crippen LogP contribution in [0.25, 0.3) is 16.7 Å². The first-order valence-corrected chi connectivity index (χ1v) is 9.80. The maximum absolute atomic E-state index is 13.2. The van der Waals surface area contributed by atoms with Crippen molar-refractivity contribution in [2.45, 2.75) is 20.0 Å². The third-order valence-corrected chi connectivity index (χ3v) is 5.04. The summed E-state index contributed by atoms with van der Waals surface area (Å²) in [5.41, 5.74) is 8.99. The number of nitrogens with zero attached hydrogens (tertiary/aromatic N) is 4. The van der Waals surface area contributed by atoms with Crippen LogP contribution in [0.5, 0.6) is 0 Å². The van der Waals surface area contributed by atoms with Crippen LogP contribution in [0, 0.1) is 6.92 Å². The maximum Gasteiger partial charge on any atom is 0.278 e. The largest absolute Gasteiger partial charge is 0.381 e. The summed E-state index contributed by atoms with van der Waals surface area (Å²) < 4.78 is 8.32. The number of hydrogen-bond acceptors (Lipinski definition) is 6. The Kier molecular flexibility index (Phi) is 5.59. The van der Waals surface area contributed by atoms with Crippen LogP contribution in [-0.4, -0.2) is 34.0 Å². The molecule has 9 heteroatoms. The molecule has 0 bridgehead atoms.